The van der Waals surface area contributed by atoms with Crippen molar-refractivity contribution in [3.8, 4) is 0 Å². The van der Waals surface area contributed by atoms with Crippen molar-refractivity contribution in [2.75, 3.05) is 26.2 Å². The van der Waals surface area contributed by atoms with E-state index in [-0.39, 0.29) is 6.03 Å². The molecule has 0 aromatic heterocycles. The average Bonchev–Trinajstić information content (AvgIpc) is 2.78. The number of benzene rings is 2. The van der Waals surface area contributed by atoms with Crippen molar-refractivity contribution in [3.63, 3.8) is 0 Å². The highest BCUT2D eigenvalue weighted by atomic mass is 35.5. The maximum Gasteiger partial charge on any atom is 0.317 e. The molecule has 0 radical (unpaired) electrons. The second-order valence-electron chi connectivity index (χ2n) is 8.97. The van der Waals surface area contributed by atoms with Gasteiger partial charge in [0.05, 0.1) is 0 Å². The predicted molar refractivity (Wildman–Crippen MR) is 121 cm³/mol. The van der Waals surface area contributed by atoms with Gasteiger partial charge in [-0.3, -0.25) is 4.90 Å². The number of amides is 2. The summed E-state index contributed by atoms with van der Waals surface area (Å²) in [5.74, 6) is 0.579. The summed E-state index contributed by atoms with van der Waals surface area (Å²) in [4.78, 5) is 17.9. The first-order chi connectivity index (χ1) is 14.7. The van der Waals surface area contributed by atoms with E-state index >= 15 is 0 Å². The molecule has 1 N–H and O–H groups in total. The van der Waals surface area contributed by atoms with E-state index in [1.807, 2.05) is 12.1 Å². The molecule has 5 heteroatoms. The summed E-state index contributed by atoms with van der Waals surface area (Å²) in [6, 6.07) is 17.5. The maximum atomic E-state index is 13.1. The van der Waals surface area contributed by atoms with Crippen LogP contribution in [0.15, 0.2) is 48.5 Å². The maximum absolute atomic E-state index is 13.1. The Labute approximate surface area is 184 Å². The quantitative estimate of drug-likeness (QED) is 0.778. The Bertz CT molecular complexity index is 903. The van der Waals surface area contributed by atoms with Crippen LogP contribution in [0.4, 0.5) is 4.79 Å². The number of nitrogens with zero attached hydrogens (tertiary/aromatic N) is 2. The number of piperidine rings is 2. The Morgan fingerprint density at radius 3 is 2.87 bits per heavy atom. The molecule has 30 heavy (non-hydrogen) atoms. The highest BCUT2D eigenvalue weighted by Gasteiger charge is 2.43. The summed E-state index contributed by atoms with van der Waals surface area (Å²) < 4.78 is 0. The normalized spacial score (nSPS) is 25.8. The monoisotopic (exact) mass is 423 g/mol. The number of likely N-dealkylation sites (tertiary alicyclic amines) is 1. The Kier molecular flexibility index (Phi) is 5.70. The van der Waals surface area contributed by atoms with E-state index in [0.29, 0.717) is 24.5 Å². The molecule has 3 atom stereocenters. The van der Waals surface area contributed by atoms with Crippen LogP contribution >= 0.6 is 11.6 Å². The minimum absolute atomic E-state index is 0.108. The van der Waals surface area contributed by atoms with Crippen LogP contribution in [-0.2, 0) is 12.8 Å². The second kappa shape index (κ2) is 8.60. The number of rotatable bonds is 3. The largest absolute Gasteiger partial charge is 0.338 e. The minimum atomic E-state index is 0.108. The third-order valence-corrected chi connectivity index (χ3v) is 7.46. The summed E-state index contributed by atoms with van der Waals surface area (Å²) in [5.41, 5.74) is 4.06. The number of nitrogens with one attached hydrogen (secondary N) is 1. The molecular formula is C25H30ClN3O. The molecule has 3 heterocycles. The first kappa shape index (κ1) is 19.9. The molecule has 0 spiro atoms. The Balaban J connectivity index is 1.28. The molecule has 2 fully saturated rings. The fourth-order valence-electron chi connectivity index (χ4n) is 5.73. The Morgan fingerprint density at radius 2 is 2.00 bits per heavy atom. The lowest BCUT2D eigenvalue weighted by Crippen LogP contribution is -2.59. The van der Waals surface area contributed by atoms with Crippen molar-refractivity contribution in [2.45, 2.75) is 44.2 Å². The number of hydrogen-bond acceptors (Lipinski definition) is 2. The summed E-state index contributed by atoms with van der Waals surface area (Å²) in [7, 11) is 0. The van der Waals surface area contributed by atoms with Gasteiger partial charge in [0.2, 0.25) is 0 Å². The van der Waals surface area contributed by atoms with Crippen LogP contribution in [0, 0.1) is 5.92 Å². The molecule has 2 amide bonds. The molecule has 0 aliphatic carbocycles. The van der Waals surface area contributed by atoms with E-state index in [9.17, 15) is 4.79 Å². The molecule has 0 bridgehead atoms. The third kappa shape index (κ3) is 3.95. The summed E-state index contributed by atoms with van der Waals surface area (Å²) >= 11 is 6.34. The van der Waals surface area contributed by atoms with Crippen LogP contribution < -0.4 is 5.32 Å². The first-order valence-electron chi connectivity index (χ1n) is 11.3. The Morgan fingerprint density at radius 1 is 1.13 bits per heavy atom. The van der Waals surface area contributed by atoms with Crippen molar-refractivity contribution in [1.29, 1.82) is 0 Å². The number of carbonyl (C=O) groups is 1. The third-order valence-electron chi connectivity index (χ3n) is 7.22. The van der Waals surface area contributed by atoms with Crippen LogP contribution in [0.5, 0.6) is 0 Å². The fraction of sp³-hybridized carbons (Fsp3) is 0.480. The lowest BCUT2D eigenvalue weighted by molar-refractivity contribution is 0.00579. The van der Waals surface area contributed by atoms with Gasteiger partial charge in [0.1, 0.15) is 0 Å². The lowest BCUT2D eigenvalue weighted by atomic mass is 9.77. The van der Waals surface area contributed by atoms with Crippen LogP contribution in [0.3, 0.4) is 0 Å². The van der Waals surface area contributed by atoms with E-state index in [0.717, 1.165) is 50.3 Å². The fourth-order valence-corrected chi connectivity index (χ4v) is 5.91. The number of fused-ring (bicyclic) bond motifs is 4. The summed E-state index contributed by atoms with van der Waals surface area (Å²) in [6.07, 6.45) is 5.32. The van der Waals surface area contributed by atoms with Crippen molar-refractivity contribution in [2.24, 2.45) is 5.92 Å². The topological polar surface area (TPSA) is 35.6 Å². The minimum Gasteiger partial charge on any atom is -0.338 e. The number of urea groups is 1. The van der Waals surface area contributed by atoms with Crippen LogP contribution in [0.25, 0.3) is 0 Å². The van der Waals surface area contributed by atoms with E-state index in [4.69, 9.17) is 11.6 Å². The van der Waals surface area contributed by atoms with Crippen LogP contribution in [-0.4, -0.2) is 48.1 Å². The van der Waals surface area contributed by atoms with Gasteiger partial charge in [-0.05, 0) is 66.8 Å². The average molecular weight is 424 g/mol. The molecule has 4 nitrogen and oxygen atoms in total. The smallest absolute Gasteiger partial charge is 0.317 e. The van der Waals surface area contributed by atoms with Crippen molar-refractivity contribution < 1.29 is 4.79 Å². The molecule has 3 aliphatic heterocycles. The van der Waals surface area contributed by atoms with E-state index < -0.39 is 0 Å². The number of halogens is 1. The van der Waals surface area contributed by atoms with Crippen molar-refractivity contribution in [3.05, 3.63) is 70.2 Å². The zero-order chi connectivity index (χ0) is 20.5. The molecule has 2 aromatic rings. The number of carbonyl (C=O) groups excluding carboxylic acids is 1. The predicted octanol–water partition coefficient (Wildman–Crippen LogP) is 4.68. The highest BCUT2D eigenvalue weighted by Crippen LogP contribution is 2.43. The zero-order valence-corrected chi connectivity index (χ0v) is 18.2. The SMILES string of the molecule is O=C(NCCc1ccccc1)N1CCC[C@@H]2CN3CCc4ccc(Cl)cc4[C@@H]3C[C@@H]21. The molecule has 0 unspecified atom stereocenters. The molecular weight excluding hydrogens is 394 g/mol. The van der Waals surface area contributed by atoms with E-state index in [1.165, 1.54) is 23.1 Å². The second-order valence-corrected chi connectivity index (χ2v) is 9.41. The van der Waals surface area contributed by atoms with Gasteiger partial charge in [-0.15, -0.1) is 0 Å². The lowest BCUT2D eigenvalue weighted by Gasteiger charge is -2.52. The van der Waals surface area contributed by atoms with Gasteiger partial charge in [-0.25, -0.2) is 4.79 Å². The number of hydrogen-bond donors (Lipinski definition) is 1. The van der Waals surface area contributed by atoms with Gasteiger partial charge in [0, 0.05) is 43.3 Å². The van der Waals surface area contributed by atoms with Gasteiger partial charge in [-0.1, -0.05) is 48.0 Å². The molecule has 2 saturated heterocycles. The van der Waals surface area contributed by atoms with Gasteiger partial charge in [0.15, 0.2) is 0 Å². The van der Waals surface area contributed by atoms with Crippen LogP contribution in [0.2, 0.25) is 5.02 Å². The summed E-state index contributed by atoms with van der Waals surface area (Å²) in [6.45, 7) is 3.76. The van der Waals surface area contributed by atoms with Crippen molar-refractivity contribution >= 4 is 17.6 Å². The van der Waals surface area contributed by atoms with Gasteiger partial charge < -0.3 is 10.2 Å². The zero-order valence-electron chi connectivity index (χ0n) is 17.4. The molecule has 5 rings (SSSR count). The molecule has 158 valence electrons. The Hall–Kier alpha value is -2.04. The van der Waals surface area contributed by atoms with E-state index in [1.54, 1.807) is 0 Å². The van der Waals surface area contributed by atoms with Gasteiger partial charge in [0.25, 0.3) is 0 Å². The molecule has 0 saturated carbocycles. The van der Waals surface area contributed by atoms with Gasteiger partial charge in [-0.2, -0.15) is 0 Å². The molecule has 3 aliphatic rings. The standard InChI is InChI=1S/C25H30ClN3O/c26-21-9-8-19-11-14-28-17-20-7-4-13-29(23(20)16-24(28)22(19)15-21)25(30)27-12-10-18-5-2-1-3-6-18/h1-3,5-6,8-9,15,20,23-24H,4,7,10-14,16-17H2,(H,27,30)/t20-,23+,24+/m1/s1. The van der Waals surface area contributed by atoms with Crippen LogP contribution in [0.1, 0.15) is 42.0 Å². The van der Waals surface area contributed by atoms with Gasteiger partial charge >= 0.3 is 6.03 Å². The highest BCUT2D eigenvalue weighted by molar-refractivity contribution is 6.30. The first-order valence-corrected chi connectivity index (χ1v) is 11.7. The van der Waals surface area contributed by atoms with E-state index in [2.05, 4.69) is 51.5 Å². The molecule has 2 aromatic carbocycles. The van der Waals surface area contributed by atoms with Crippen molar-refractivity contribution in [1.82, 2.24) is 15.1 Å². The summed E-state index contributed by atoms with van der Waals surface area (Å²) in [5, 5.41) is 4.00.